The van der Waals surface area contributed by atoms with Gasteiger partial charge in [-0.05, 0) is 13.0 Å². The van der Waals surface area contributed by atoms with Crippen LogP contribution in [0.3, 0.4) is 0 Å². The van der Waals surface area contributed by atoms with E-state index in [2.05, 4.69) is 5.32 Å². The molecule has 0 saturated carbocycles. The lowest BCUT2D eigenvalue weighted by molar-refractivity contribution is 0.290. The second kappa shape index (κ2) is 6.95. The summed E-state index contributed by atoms with van der Waals surface area (Å²) in [6, 6.07) is 0.122. The highest BCUT2D eigenvalue weighted by Crippen LogP contribution is 1.80. The van der Waals surface area contributed by atoms with E-state index < -0.39 is 0 Å². The van der Waals surface area contributed by atoms with Crippen molar-refractivity contribution in [1.29, 1.82) is 0 Å². The molecule has 0 saturated heterocycles. The Balaban J connectivity index is 2.97. The summed E-state index contributed by atoms with van der Waals surface area (Å²) >= 11 is 0. The third-order valence-electron chi connectivity index (χ3n) is 1.23. The van der Waals surface area contributed by atoms with E-state index in [-0.39, 0.29) is 12.6 Å². The van der Waals surface area contributed by atoms with Crippen LogP contribution in [0.2, 0.25) is 0 Å². The van der Waals surface area contributed by atoms with E-state index in [0.29, 0.717) is 13.1 Å². The molecule has 4 nitrogen and oxygen atoms in total. The van der Waals surface area contributed by atoms with Gasteiger partial charge >= 0.3 is 0 Å². The zero-order valence-electron chi connectivity index (χ0n) is 6.21. The number of hydrogen-bond donors (Lipinski definition) is 4. The average molecular weight is 147 g/mol. The Morgan fingerprint density at radius 2 is 2.20 bits per heavy atom. The SMILES string of the molecule is NCCC(N)CNCCO. The van der Waals surface area contributed by atoms with Crippen molar-refractivity contribution in [3.05, 3.63) is 0 Å². The zero-order valence-corrected chi connectivity index (χ0v) is 6.21. The van der Waals surface area contributed by atoms with Crippen LogP contribution in [0.4, 0.5) is 0 Å². The first-order valence-electron chi connectivity index (χ1n) is 3.58. The van der Waals surface area contributed by atoms with Crippen molar-refractivity contribution < 1.29 is 5.11 Å². The zero-order chi connectivity index (χ0) is 7.82. The van der Waals surface area contributed by atoms with Gasteiger partial charge in [0.05, 0.1) is 6.61 Å². The number of hydrogen-bond acceptors (Lipinski definition) is 4. The van der Waals surface area contributed by atoms with E-state index in [4.69, 9.17) is 16.6 Å². The van der Waals surface area contributed by atoms with Crippen LogP contribution in [-0.4, -0.2) is 37.4 Å². The predicted octanol–water partition coefficient (Wildman–Crippen LogP) is -1.76. The van der Waals surface area contributed by atoms with Gasteiger partial charge in [-0.2, -0.15) is 0 Å². The van der Waals surface area contributed by atoms with Gasteiger partial charge in [0, 0.05) is 19.1 Å². The van der Waals surface area contributed by atoms with Crippen molar-refractivity contribution in [2.45, 2.75) is 12.5 Å². The molecule has 62 valence electrons. The number of nitrogens with one attached hydrogen (secondary N) is 1. The molecule has 1 unspecified atom stereocenters. The van der Waals surface area contributed by atoms with E-state index in [1.165, 1.54) is 0 Å². The number of aliphatic hydroxyl groups is 1. The predicted molar refractivity (Wildman–Crippen MR) is 41.6 cm³/mol. The molecule has 10 heavy (non-hydrogen) atoms. The molecule has 0 fully saturated rings. The summed E-state index contributed by atoms with van der Waals surface area (Å²) in [6.45, 7) is 2.13. The largest absolute Gasteiger partial charge is 0.395 e. The number of aliphatic hydroxyl groups excluding tert-OH is 1. The molecule has 1 atom stereocenters. The summed E-state index contributed by atoms with van der Waals surface area (Å²) < 4.78 is 0. The standard InChI is InChI=1S/C6H17N3O/c7-2-1-6(8)5-9-3-4-10/h6,9-10H,1-5,7-8H2. The minimum atomic E-state index is 0.122. The molecule has 0 bridgehead atoms. The summed E-state index contributed by atoms with van der Waals surface area (Å²) in [6.07, 6.45) is 0.832. The molecular weight excluding hydrogens is 130 g/mol. The van der Waals surface area contributed by atoms with Crippen molar-refractivity contribution in [1.82, 2.24) is 5.32 Å². The molecule has 4 heteroatoms. The molecule has 0 aromatic heterocycles. The lowest BCUT2D eigenvalue weighted by atomic mass is 10.2. The Morgan fingerprint density at radius 1 is 1.50 bits per heavy atom. The number of nitrogens with two attached hydrogens (primary N) is 2. The minimum absolute atomic E-state index is 0.122. The first kappa shape index (κ1) is 9.84. The summed E-state index contributed by atoms with van der Waals surface area (Å²) in [4.78, 5) is 0. The van der Waals surface area contributed by atoms with Gasteiger partial charge in [-0.25, -0.2) is 0 Å². The Bertz CT molecular complexity index is 70.0. The van der Waals surface area contributed by atoms with Crippen molar-refractivity contribution in [3.8, 4) is 0 Å². The maximum Gasteiger partial charge on any atom is 0.0555 e. The van der Waals surface area contributed by atoms with Crippen LogP contribution in [-0.2, 0) is 0 Å². The molecule has 0 heterocycles. The van der Waals surface area contributed by atoms with Gasteiger partial charge in [-0.1, -0.05) is 0 Å². The fourth-order valence-corrected chi connectivity index (χ4v) is 0.683. The van der Waals surface area contributed by atoms with Crippen molar-refractivity contribution >= 4 is 0 Å². The average Bonchev–Trinajstić information content (AvgIpc) is 1.89. The van der Waals surface area contributed by atoms with Crippen LogP contribution < -0.4 is 16.8 Å². The van der Waals surface area contributed by atoms with Crippen LogP contribution in [0.5, 0.6) is 0 Å². The van der Waals surface area contributed by atoms with Gasteiger partial charge < -0.3 is 21.9 Å². The topological polar surface area (TPSA) is 84.3 Å². The third kappa shape index (κ3) is 5.97. The van der Waals surface area contributed by atoms with Gasteiger partial charge in [0.15, 0.2) is 0 Å². The first-order chi connectivity index (χ1) is 4.81. The molecule has 0 rings (SSSR count). The Hall–Kier alpha value is -0.160. The summed E-state index contributed by atoms with van der Waals surface area (Å²) in [5.74, 6) is 0. The fraction of sp³-hybridized carbons (Fsp3) is 1.00. The van der Waals surface area contributed by atoms with E-state index in [9.17, 15) is 0 Å². The van der Waals surface area contributed by atoms with Gasteiger partial charge in [0.2, 0.25) is 0 Å². The van der Waals surface area contributed by atoms with Gasteiger partial charge in [-0.3, -0.25) is 0 Å². The summed E-state index contributed by atoms with van der Waals surface area (Å²) in [5, 5.41) is 11.4. The molecule has 0 spiro atoms. The van der Waals surface area contributed by atoms with Crippen LogP contribution in [0.15, 0.2) is 0 Å². The first-order valence-corrected chi connectivity index (χ1v) is 3.58. The van der Waals surface area contributed by atoms with Crippen LogP contribution in [0, 0.1) is 0 Å². The molecule has 0 aromatic carbocycles. The van der Waals surface area contributed by atoms with Crippen molar-refractivity contribution in [2.24, 2.45) is 11.5 Å². The maximum atomic E-state index is 8.38. The Morgan fingerprint density at radius 3 is 2.70 bits per heavy atom. The lowest BCUT2D eigenvalue weighted by Gasteiger charge is -2.09. The van der Waals surface area contributed by atoms with E-state index in [0.717, 1.165) is 13.0 Å². The third-order valence-corrected chi connectivity index (χ3v) is 1.23. The number of rotatable bonds is 6. The molecule has 6 N–H and O–H groups in total. The highest BCUT2D eigenvalue weighted by Gasteiger charge is 1.97. The smallest absolute Gasteiger partial charge is 0.0555 e. The molecular formula is C6H17N3O. The van der Waals surface area contributed by atoms with Gasteiger partial charge in [0.1, 0.15) is 0 Å². The maximum absolute atomic E-state index is 8.38. The second-order valence-corrected chi connectivity index (χ2v) is 2.27. The van der Waals surface area contributed by atoms with Gasteiger partial charge in [0.25, 0.3) is 0 Å². The molecule has 0 amide bonds. The molecule has 0 radical (unpaired) electrons. The van der Waals surface area contributed by atoms with Crippen molar-refractivity contribution in [3.63, 3.8) is 0 Å². The molecule has 0 aromatic rings. The monoisotopic (exact) mass is 147 g/mol. The molecule has 0 aliphatic heterocycles. The van der Waals surface area contributed by atoms with E-state index in [1.54, 1.807) is 0 Å². The summed E-state index contributed by atoms with van der Waals surface area (Å²) in [7, 11) is 0. The lowest BCUT2D eigenvalue weighted by Crippen LogP contribution is -2.36. The fourth-order valence-electron chi connectivity index (χ4n) is 0.683. The normalized spacial score (nSPS) is 13.5. The second-order valence-electron chi connectivity index (χ2n) is 2.27. The quantitative estimate of drug-likeness (QED) is 0.335. The highest BCUT2D eigenvalue weighted by atomic mass is 16.3. The minimum Gasteiger partial charge on any atom is -0.395 e. The highest BCUT2D eigenvalue weighted by molar-refractivity contribution is 4.64. The Labute approximate surface area is 61.6 Å². The van der Waals surface area contributed by atoms with Crippen molar-refractivity contribution in [2.75, 3.05) is 26.2 Å². The summed E-state index contributed by atoms with van der Waals surface area (Å²) in [5.41, 5.74) is 10.9. The Kier molecular flexibility index (Phi) is 6.84. The van der Waals surface area contributed by atoms with Crippen LogP contribution in [0.25, 0.3) is 0 Å². The van der Waals surface area contributed by atoms with Crippen LogP contribution >= 0.6 is 0 Å². The molecule has 0 aliphatic carbocycles. The van der Waals surface area contributed by atoms with E-state index in [1.807, 2.05) is 0 Å². The van der Waals surface area contributed by atoms with E-state index >= 15 is 0 Å². The van der Waals surface area contributed by atoms with Crippen LogP contribution in [0.1, 0.15) is 6.42 Å². The van der Waals surface area contributed by atoms with Gasteiger partial charge in [-0.15, -0.1) is 0 Å². The molecule has 0 aliphatic rings.